The molecule has 1 aliphatic heterocycles. The SMILES string of the molecule is Cc1ccc(OCCNC(=O)[C@H]2CN(S(C)(=O)=O)c3cc(Cl)ccc3O2)cc1C. The van der Waals surface area contributed by atoms with Crippen molar-refractivity contribution in [1.29, 1.82) is 0 Å². The van der Waals surface area contributed by atoms with E-state index in [0.29, 0.717) is 10.7 Å². The van der Waals surface area contributed by atoms with Crippen molar-refractivity contribution in [3.63, 3.8) is 0 Å². The van der Waals surface area contributed by atoms with Gasteiger partial charge in [-0.2, -0.15) is 0 Å². The van der Waals surface area contributed by atoms with Gasteiger partial charge in [0, 0.05) is 5.02 Å². The summed E-state index contributed by atoms with van der Waals surface area (Å²) in [6.07, 6.45) is 0.107. The highest BCUT2D eigenvalue weighted by Crippen LogP contribution is 2.37. The first kappa shape index (κ1) is 21.3. The van der Waals surface area contributed by atoms with Gasteiger partial charge in [0.2, 0.25) is 10.0 Å². The Balaban J connectivity index is 1.60. The van der Waals surface area contributed by atoms with Crippen molar-refractivity contribution in [3.8, 4) is 11.5 Å². The quantitative estimate of drug-likeness (QED) is 0.701. The molecule has 1 aliphatic rings. The lowest BCUT2D eigenvalue weighted by Crippen LogP contribution is -2.51. The van der Waals surface area contributed by atoms with E-state index in [1.165, 1.54) is 11.6 Å². The third-order valence-electron chi connectivity index (χ3n) is 4.63. The lowest BCUT2D eigenvalue weighted by molar-refractivity contribution is -0.127. The van der Waals surface area contributed by atoms with Gasteiger partial charge < -0.3 is 14.8 Å². The van der Waals surface area contributed by atoms with Gasteiger partial charge in [-0.05, 0) is 55.3 Å². The van der Waals surface area contributed by atoms with Crippen LogP contribution in [0.4, 0.5) is 5.69 Å². The lowest BCUT2D eigenvalue weighted by atomic mass is 10.1. The molecular formula is C20H23ClN2O5S. The molecular weight excluding hydrogens is 416 g/mol. The summed E-state index contributed by atoms with van der Waals surface area (Å²) in [4.78, 5) is 12.5. The number of hydrogen-bond acceptors (Lipinski definition) is 5. The molecule has 3 rings (SSSR count). The summed E-state index contributed by atoms with van der Waals surface area (Å²) in [5, 5.41) is 3.11. The van der Waals surface area contributed by atoms with E-state index in [0.717, 1.165) is 21.9 Å². The molecule has 0 spiro atoms. The monoisotopic (exact) mass is 438 g/mol. The Labute approximate surface area is 175 Å². The number of amides is 1. The standard InChI is InChI=1S/C20H23ClN2O5S/c1-13-4-6-16(10-14(13)2)27-9-8-22-20(24)19-12-23(29(3,25)26)17-11-15(21)5-7-18(17)28-19/h4-7,10-11,19H,8-9,12H2,1-3H3,(H,22,24)/t19-/m1/s1. The molecule has 0 aliphatic carbocycles. The van der Waals surface area contributed by atoms with Crippen LogP contribution >= 0.6 is 11.6 Å². The van der Waals surface area contributed by atoms with E-state index in [1.54, 1.807) is 12.1 Å². The van der Waals surface area contributed by atoms with Crippen LogP contribution in [-0.4, -0.2) is 46.4 Å². The molecule has 0 radical (unpaired) electrons. The molecule has 1 amide bonds. The van der Waals surface area contributed by atoms with Gasteiger partial charge in [-0.15, -0.1) is 0 Å². The molecule has 0 saturated heterocycles. The predicted octanol–water partition coefficient (Wildman–Crippen LogP) is 2.68. The molecule has 1 heterocycles. The maximum atomic E-state index is 12.5. The average molecular weight is 439 g/mol. The van der Waals surface area contributed by atoms with Crippen molar-refractivity contribution in [3.05, 3.63) is 52.5 Å². The fourth-order valence-electron chi connectivity index (χ4n) is 2.94. The molecule has 0 saturated carbocycles. The molecule has 0 bridgehead atoms. The fraction of sp³-hybridized carbons (Fsp3) is 0.350. The second-order valence-corrected chi connectivity index (χ2v) is 9.24. The third kappa shape index (κ3) is 5.13. The minimum Gasteiger partial charge on any atom is -0.492 e. The van der Waals surface area contributed by atoms with E-state index in [9.17, 15) is 13.2 Å². The molecule has 2 aromatic rings. The smallest absolute Gasteiger partial charge is 0.263 e. The largest absolute Gasteiger partial charge is 0.492 e. The van der Waals surface area contributed by atoms with Crippen molar-refractivity contribution in [2.24, 2.45) is 0 Å². The third-order valence-corrected chi connectivity index (χ3v) is 6.01. The van der Waals surface area contributed by atoms with Crippen LogP contribution in [0.3, 0.4) is 0 Å². The van der Waals surface area contributed by atoms with Gasteiger partial charge in [0.1, 0.15) is 18.1 Å². The van der Waals surface area contributed by atoms with Crippen molar-refractivity contribution in [2.45, 2.75) is 20.0 Å². The summed E-state index contributed by atoms with van der Waals surface area (Å²) < 4.78 is 36.8. The molecule has 2 aromatic carbocycles. The molecule has 7 nitrogen and oxygen atoms in total. The molecule has 9 heteroatoms. The minimum absolute atomic E-state index is 0.129. The van der Waals surface area contributed by atoms with Gasteiger partial charge in [0.05, 0.1) is 25.0 Å². The van der Waals surface area contributed by atoms with Crippen LogP contribution in [0.1, 0.15) is 11.1 Å². The van der Waals surface area contributed by atoms with Crippen LogP contribution < -0.4 is 19.1 Å². The number of carbonyl (C=O) groups is 1. The van der Waals surface area contributed by atoms with Crippen molar-refractivity contribution in [1.82, 2.24) is 5.32 Å². The van der Waals surface area contributed by atoms with Crippen LogP contribution in [0.25, 0.3) is 0 Å². The number of anilines is 1. The molecule has 0 aromatic heterocycles. The van der Waals surface area contributed by atoms with E-state index in [2.05, 4.69) is 5.32 Å². The highest BCUT2D eigenvalue weighted by molar-refractivity contribution is 7.92. The average Bonchev–Trinajstić information content (AvgIpc) is 2.66. The van der Waals surface area contributed by atoms with Gasteiger partial charge in [0.25, 0.3) is 5.91 Å². The van der Waals surface area contributed by atoms with Gasteiger partial charge in [-0.25, -0.2) is 8.42 Å². The summed E-state index contributed by atoms with van der Waals surface area (Å²) in [5.41, 5.74) is 2.63. The van der Waals surface area contributed by atoms with Gasteiger partial charge in [-0.1, -0.05) is 17.7 Å². The number of ether oxygens (including phenoxy) is 2. The van der Waals surface area contributed by atoms with Gasteiger partial charge in [-0.3, -0.25) is 9.10 Å². The number of rotatable bonds is 6. The zero-order valence-corrected chi connectivity index (χ0v) is 18.0. The Morgan fingerprint density at radius 2 is 2.00 bits per heavy atom. The number of nitrogens with one attached hydrogen (secondary N) is 1. The van der Waals surface area contributed by atoms with E-state index >= 15 is 0 Å². The first-order valence-corrected chi connectivity index (χ1v) is 11.3. The van der Waals surface area contributed by atoms with E-state index in [4.69, 9.17) is 21.1 Å². The first-order chi connectivity index (χ1) is 13.6. The van der Waals surface area contributed by atoms with Crippen LogP contribution in [0.15, 0.2) is 36.4 Å². The zero-order valence-electron chi connectivity index (χ0n) is 16.4. The Bertz CT molecular complexity index is 1030. The van der Waals surface area contributed by atoms with Crippen LogP contribution in [-0.2, 0) is 14.8 Å². The predicted molar refractivity (Wildman–Crippen MR) is 112 cm³/mol. The van der Waals surface area contributed by atoms with Crippen LogP contribution in [0.5, 0.6) is 11.5 Å². The number of carbonyl (C=O) groups excluding carboxylic acids is 1. The van der Waals surface area contributed by atoms with Crippen molar-refractivity contribution >= 4 is 33.2 Å². The molecule has 29 heavy (non-hydrogen) atoms. The maximum absolute atomic E-state index is 12.5. The molecule has 1 atom stereocenters. The van der Waals surface area contributed by atoms with Gasteiger partial charge in [0.15, 0.2) is 6.10 Å². The van der Waals surface area contributed by atoms with Gasteiger partial charge >= 0.3 is 0 Å². The van der Waals surface area contributed by atoms with Crippen molar-refractivity contribution in [2.75, 3.05) is 30.3 Å². The van der Waals surface area contributed by atoms with Crippen LogP contribution in [0, 0.1) is 13.8 Å². The van der Waals surface area contributed by atoms with E-state index < -0.39 is 22.0 Å². The Morgan fingerprint density at radius 3 is 2.69 bits per heavy atom. The number of halogens is 1. The fourth-order valence-corrected chi connectivity index (χ4v) is 4.01. The minimum atomic E-state index is -3.60. The summed E-state index contributed by atoms with van der Waals surface area (Å²) in [5.74, 6) is 0.603. The highest BCUT2D eigenvalue weighted by atomic mass is 35.5. The van der Waals surface area contributed by atoms with E-state index in [-0.39, 0.29) is 25.4 Å². The maximum Gasteiger partial charge on any atom is 0.263 e. The molecule has 0 unspecified atom stereocenters. The van der Waals surface area contributed by atoms with Crippen LogP contribution in [0.2, 0.25) is 5.02 Å². The number of nitrogens with zero attached hydrogens (tertiary/aromatic N) is 1. The summed E-state index contributed by atoms with van der Waals surface area (Å²) in [6.45, 7) is 4.44. The topological polar surface area (TPSA) is 84.9 Å². The normalized spacial score (nSPS) is 16.0. The highest BCUT2D eigenvalue weighted by Gasteiger charge is 2.35. The van der Waals surface area contributed by atoms with Crippen molar-refractivity contribution < 1.29 is 22.7 Å². The summed E-state index contributed by atoms with van der Waals surface area (Å²) in [7, 11) is -3.60. The molecule has 1 N–H and O–H groups in total. The zero-order chi connectivity index (χ0) is 21.2. The lowest BCUT2D eigenvalue weighted by Gasteiger charge is -2.34. The second-order valence-electron chi connectivity index (χ2n) is 6.90. The Kier molecular flexibility index (Phi) is 6.24. The Morgan fingerprint density at radius 1 is 1.24 bits per heavy atom. The van der Waals surface area contributed by atoms with E-state index in [1.807, 2.05) is 32.0 Å². The summed E-state index contributed by atoms with van der Waals surface area (Å²) in [6, 6.07) is 10.4. The number of benzene rings is 2. The summed E-state index contributed by atoms with van der Waals surface area (Å²) >= 11 is 5.97. The number of fused-ring (bicyclic) bond motifs is 1. The second kappa shape index (κ2) is 8.51. The number of hydrogen-bond donors (Lipinski definition) is 1. The molecule has 0 fully saturated rings. The molecule has 156 valence electrons. The Hall–Kier alpha value is -2.45. The number of sulfonamides is 1. The first-order valence-electron chi connectivity index (χ1n) is 9.07. The number of aryl methyl sites for hydroxylation is 2.